The normalized spacial score (nSPS) is 11.6. The van der Waals surface area contributed by atoms with Gasteiger partial charge in [0, 0.05) is 6.54 Å². The molecule has 0 aliphatic heterocycles. The Hall–Kier alpha value is -2.80. The molecule has 0 fully saturated rings. The van der Waals surface area contributed by atoms with Crippen LogP contribution in [0, 0.1) is 0 Å². The molecule has 0 radical (unpaired) electrons. The molecule has 1 heterocycles. The molecule has 0 N–H and O–H groups in total. The van der Waals surface area contributed by atoms with E-state index in [1.54, 1.807) is 25.3 Å². The van der Waals surface area contributed by atoms with Crippen LogP contribution in [0.1, 0.15) is 23.7 Å². The second-order valence-electron chi connectivity index (χ2n) is 5.80. The Morgan fingerprint density at radius 1 is 1.04 bits per heavy atom. The predicted molar refractivity (Wildman–Crippen MR) is 106 cm³/mol. The lowest BCUT2D eigenvalue weighted by Gasteiger charge is -2.10. The van der Waals surface area contributed by atoms with Crippen LogP contribution in [0.2, 0.25) is 0 Å². The molecule has 7 heteroatoms. The smallest absolute Gasteiger partial charge is 0.283 e. The molecule has 0 aliphatic rings. The van der Waals surface area contributed by atoms with Gasteiger partial charge in [-0.15, -0.1) is 0 Å². The summed E-state index contributed by atoms with van der Waals surface area (Å²) in [4.78, 5) is 17.9. The molecule has 3 aromatic rings. The minimum Gasteiger partial charge on any atom is -0.495 e. The molecule has 0 atom stereocenters. The van der Waals surface area contributed by atoms with Gasteiger partial charge in [-0.05, 0) is 30.7 Å². The molecule has 3 rings (SSSR count). The van der Waals surface area contributed by atoms with Crippen molar-refractivity contribution in [3.63, 3.8) is 0 Å². The van der Waals surface area contributed by atoms with Crippen LogP contribution in [0.4, 0.5) is 0 Å². The molecule has 1 aromatic heterocycles. The average molecular weight is 386 g/mol. The molecule has 0 spiro atoms. The van der Waals surface area contributed by atoms with Gasteiger partial charge >= 0.3 is 0 Å². The second kappa shape index (κ2) is 8.26. The van der Waals surface area contributed by atoms with Gasteiger partial charge in [0.05, 0.1) is 31.6 Å². The number of hydrogen-bond donors (Lipinski definition) is 0. The summed E-state index contributed by atoms with van der Waals surface area (Å²) in [6.45, 7) is 2.82. The fourth-order valence-electron chi connectivity index (χ4n) is 2.98. The molecule has 0 saturated carbocycles. The predicted octanol–water partition coefficient (Wildman–Crippen LogP) is 3.88. The molecular weight excluding hydrogens is 364 g/mol. The van der Waals surface area contributed by atoms with Gasteiger partial charge < -0.3 is 18.8 Å². The summed E-state index contributed by atoms with van der Waals surface area (Å²) in [5.74, 6) is 1.28. The van der Waals surface area contributed by atoms with Crippen molar-refractivity contribution < 1.29 is 19.0 Å². The van der Waals surface area contributed by atoms with E-state index in [1.807, 2.05) is 22.8 Å². The fraction of sp³-hybridized carbons (Fsp3) is 0.300. The summed E-state index contributed by atoms with van der Waals surface area (Å²) in [6, 6.07) is 11.0. The Morgan fingerprint density at radius 3 is 2.41 bits per heavy atom. The number of ether oxygens (including phenoxy) is 3. The summed E-state index contributed by atoms with van der Waals surface area (Å²) >= 11 is 1.46. The number of rotatable bonds is 6. The van der Waals surface area contributed by atoms with E-state index < -0.39 is 0 Å². The van der Waals surface area contributed by atoms with E-state index in [-0.39, 0.29) is 5.91 Å². The summed E-state index contributed by atoms with van der Waals surface area (Å²) in [7, 11) is 4.69. The third-order valence-electron chi connectivity index (χ3n) is 4.16. The van der Waals surface area contributed by atoms with Gasteiger partial charge in [0.2, 0.25) is 0 Å². The highest BCUT2D eigenvalue weighted by Crippen LogP contribution is 2.31. The monoisotopic (exact) mass is 386 g/mol. The highest BCUT2D eigenvalue weighted by atomic mass is 32.1. The van der Waals surface area contributed by atoms with E-state index in [9.17, 15) is 4.79 Å². The Labute approximate surface area is 161 Å². The lowest BCUT2D eigenvalue weighted by molar-refractivity contribution is 0.0994. The molecule has 6 nitrogen and oxygen atoms in total. The van der Waals surface area contributed by atoms with Crippen molar-refractivity contribution in [3.05, 3.63) is 46.8 Å². The first-order chi connectivity index (χ1) is 13.1. The number of aryl methyl sites for hydroxylation is 1. The van der Waals surface area contributed by atoms with Crippen molar-refractivity contribution in [1.82, 2.24) is 4.57 Å². The number of nitrogens with zero attached hydrogens (tertiary/aromatic N) is 2. The van der Waals surface area contributed by atoms with Crippen molar-refractivity contribution in [2.24, 2.45) is 4.99 Å². The van der Waals surface area contributed by atoms with Gasteiger partial charge in [-0.25, -0.2) is 0 Å². The van der Waals surface area contributed by atoms with Crippen LogP contribution in [0.15, 0.2) is 41.4 Å². The zero-order chi connectivity index (χ0) is 19.4. The van der Waals surface area contributed by atoms with E-state index in [0.717, 1.165) is 28.9 Å². The standard InChI is InChI=1S/C20H22N2O4S/c1-5-12-22-17-14(24-2)9-7-11-16(17)27-20(22)21-19(23)13-8-6-10-15(25-3)18(13)26-4/h6-11H,5,12H2,1-4H3. The van der Waals surface area contributed by atoms with Crippen molar-refractivity contribution in [2.45, 2.75) is 19.9 Å². The molecule has 142 valence electrons. The van der Waals surface area contributed by atoms with Gasteiger partial charge in [-0.3, -0.25) is 4.79 Å². The molecule has 2 aromatic carbocycles. The maximum absolute atomic E-state index is 12.9. The van der Waals surface area contributed by atoms with E-state index >= 15 is 0 Å². The summed E-state index contributed by atoms with van der Waals surface area (Å²) in [5, 5.41) is 0. The number of carbonyl (C=O) groups excluding carboxylic acids is 1. The number of para-hydroxylation sites is 2. The van der Waals surface area contributed by atoms with Crippen molar-refractivity contribution in [3.8, 4) is 17.2 Å². The number of amides is 1. The third kappa shape index (κ3) is 3.55. The molecule has 0 unspecified atom stereocenters. The topological polar surface area (TPSA) is 62.1 Å². The molecule has 0 aliphatic carbocycles. The van der Waals surface area contributed by atoms with Crippen LogP contribution < -0.4 is 19.0 Å². The van der Waals surface area contributed by atoms with Crippen LogP contribution in [0.25, 0.3) is 10.2 Å². The average Bonchev–Trinajstić information content (AvgIpc) is 3.04. The number of hydrogen-bond acceptors (Lipinski definition) is 5. The summed E-state index contributed by atoms with van der Waals surface area (Å²) in [5.41, 5.74) is 1.32. The summed E-state index contributed by atoms with van der Waals surface area (Å²) < 4.78 is 19.2. The maximum atomic E-state index is 12.9. The Bertz CT molecular complexity index is 1040. The molecule has 27 heavy (non-hydrogen) atoms. The molecule has 0 saturated heterocycles. The van der Waals surface area contributed by atoms with Crippen LogP contribution in [-0.4, -0.2) is 31.8 Å². The molecule has 1 amide bonds. The second-order valence-corrected chi connectivity index (χ2v) is 6.81. The quantitative estimate of drug-likeness (QED) is 0.645. The number of fused-ring (bicyclic) bond motifs is 1. The van der Waals surface area contributed by atoms with Gasteiger partial charge in [0.15, 0.2) is 16.3 Å². The summed E-state index contributed by atoms with van der Waals surface area (Å²) in [6.07, 6.45) is 0.910. The van der Waals surface area contributed by atoms with Gasteiger partial charge in [0.25, 0.3) is 5.91 Å². The largest absolute Gasteiger partial charge is 0.495 e. The SMILES string of the molecule is CCCn1c(=NC(=O)c2cccc(OC)c2OC)sc2cccc(OC)c21. The van der Waals surface area contributed by atoms with Gasteiger partial charge in [-0.2, -0.15) is 4.99 Å². The maximum Gasteiger partial charge on any atom is 0.283 e. The highest BCUT2D eigenvalue weighted by molar-refractivity contribution is 7.16. The van der Waals surface area contributed by atoms with Crippen LogP contribution in [0.5, 0.6) is 17.2 Å². The minimum absolute atomic E-state index is 0.365. The van der Waals surface area contributed by atoms with E-state index in [1.165, 1.54) is 25.6 Å². The van der Waals surface area contributed by atoms with Crippen LogP contribution in [-0.2, 0) is 6.54 Å². The number of methoxy groups -OCH3 is 3. The van der Waals surface area contributed by atoms with Crippen molar-refractivity contribution in [2.75, 3.05) is 21.3 Å². The Kier molecular flexibility index (Phi) is 5.81. The lowest BCUT2D eigenvalue weighted by Crippen LogP contribution is -2.17. The Morgan fingerprint density at radius 2 is 1.74 bits per heavy atom. The first-order valence-electron chi connectivity index (χ1n) is 8.61. The van der Waals surface area contributed by atoms with E-state index in [2.05, 4.69) is 11.9 Å². The zero-order valence-electron chi connectivity index (χ0n) is 15.8. The zero-order valence-corrected chi connectivity index (χ0v) is 16.6. The third-order valence-corrected chi connectivity index (χ3v) is 5.21. The number of carbonyl (C=O) groups is 1. The lowest BCUT2D eigenvalue weighted by atomic mass is 10.2. The first-order valence-corrected chi connectivity index (χ1v) is 9.42. The fourth-order valence-corrected chi connectivity index (χ4v) is 4.05. The molecule has 0 bridgehead atoms. The molecular formula is C20H22N2O4S. The minimum atomic E-state index is -0.374. The number of aromatic nitrogens is 1. The van der Waals surface area contributed by atoms with E-state index in [0.29, 0.717) is 21.9 Å². The van der Waals surface area contributed by atoms with Gasteiger partial charge in [0.1, 0.15) is 11.3 Å². The van der Waals surface area contributed by atoms with Crippen molar-refractivity contribution in [1.29, 1.82) is 0 Å². The van der Waals surface area contributed by atoms with Crippen molar-refractivity contribution >= 4 is 27.5 Å². The first kappa shape index (κ1) is 19.0. The van der Waals surface area contributed by atoms with Crippen LogP contribution in [0.3, 0.4) is 0 Å². The van der Waals surface area contributed by atoms with Crippen LogP contribution >= 0.6 is 11.3 Å². The number of thiazole rings is 1. The van der Waals surface area contributed by atoms with E-state index in [4.69, 9.17) is 14.2 Å². The van der Waals surface area contributed by atoms with Gasteiger partial charge in [-0.1, -0.05) is 30.4 Å². The number of benzene rings is 2. The highest BCUT2D eigenvalue weighted by Gasteiger charge is 2.17. The Balaban J connectivity index is 2.19.